The number of nitro benzene ring substituents is 1. The molecule has 0 saturated heterocycles. The number of hydrogen-bond acceptors (Lipinski definition) is 4. The number of hydrogen-bond donors (Lipinski definition) is 0. The molecular formula is C16H14ClN3O3. The minimum absolute atomic E-state index is 0. The molecule has 0 fully saturated rings. The van der Waals surface area contributed by atoms with Crippen LogP contribution in [0.5, 0.6) is 0 Å². The highest BCUT2D eigenvalue weighted by Gasteiger charge is 2.21. The quantitative estimate of drug-likeness (QED) is 0.533. The molecule has 0 unspecified atom stereocenters. The first kappa shape index (κ1) is 16.6. The number of halogens is 1. The van der Waals surface area contributed by atoms with Crippen LogP contribution in [-0.4, -0.2) is 14.5 Å². The molecule has 3 aromatic rings. The molecule has 0 amide bonds. The predicted molar refractivity (Wildman–Crippen MR) is 90.7 cm³/mol. The van der Waals surface area contributed by atoms with Crippen LogP contribution in [0.15, 0.2) is 47.3 Å². The van der Waals surface area contributed by atoms with E-state index < -0.39 is 4.92 Å². The Morgan fingerprint density at radius 1 is 1.09 bits per heavy atom. The number of fused-ring (bicyclic) bond motifs is 1. The van der Waals surface area contributed by atoms with E-state index in [4.69, 9.17) is 0 Å². The van der Waals surface area contributed by atoms with Crippen molar-refractivity contribution in [2.45, 2.75) is 13.8 Å². The maximum absolute atomic E-state index is 12.8. The fourth-order valence-electron chi connectivity index (χ4n) is 2.59. The van der Waals surface area contributed by atoms with Crippen LogP contribution in [-0.2, 0) is 0 Å². The molecule has 0 bridgehead atoms. The van der Waals surface area contributed by atoms with Gasteiger partial charge in [-0.15, -0.1) is 12.4 Å². The third-order valence-corrected chi connectivity index (χ3v) is 3.58. The van der Waals surface area contributed by atoms with Crippen LogP contribution in [0.1, 0.15) is 11.4 Å². The molecule has 0 aliphatic carbocycles. The monoisotopic (exact) mass is 331 g/mol. The third-order valence-electron chi connectivity index (χ3n) is 3.58. The zero-order valence-electron chi connectivity index (χ0n) is 12.5. The van der Waals surface area contributed by atoms with Gasteiger partial charge in [0.2, 0.25) is 0 Å². The molecule has 1 aromatic heterocycles. The average Bonchev–Trinajstić information content (AvgIpc) is 2.48. The minimum atomic E-state index is -0.483. The van der Waals surface area contributed by atoms with E-state index in [2.05, 4.69) is 4.98 Å². The van der Waals surface area contributed by atoms with Crippen molar-refractivity contribution in [3.05, 3.63) is 74.3 Å². The molecule has 3 rings (SSSR count). The lowest BCUT2D eigenvalue weighted by Crippen LogP contribution is -2.23. The van der Waals surface area contributed by atoms with Gasteiger partial charge in [-0.25, -0.2) is 4.98 Å². The molecule has 0 saturated carbocycles. The number of benzene rings is 2. The van der Waals surface area contributed by atoms with Gasteiger partial charge >= 0.3 is 0 Å². The summed E-state index contributed by atoms with van der Waals surface area (Å²) in [6.45, 7) is 3.41. The highest BCUT2D eigenvalue weighted by Crippen LogP contribution is 2.26. The second kappa shape index (κ2) is 6.18. The Morgan fingerprint density at radius 3 is 2.48 bits per heavy atom. The molecule has 0 radical (unpaired) electrons. The Bertz CT molecular complexity index is 966. The van der Waals surface area contributed by atoms with Crippen molar-refractivity contribution in [1.29, 1.82) is 0 Å². The van der Waals surface area contributed by atoms with Crippen LogP contribution < -0.4 is 5.56 Å². The number of nitrogens with zero attached hydrogens (tertiary/aromatic N) is 3. The summed E-state index contributed by atoms with van der Waals surface area (Å²) in [5.41, 5.74) is 1.09. The zero-order valence-corrected chi connectivity index (χ0v) is 13.3. The Morgan fingerprint density at radius 2 is 1.78 bits per heavy atom. The first-order valence-electron chi connectivity index (χ1n) is 6.73. The molecule has 0 aliphatic rings. The van der Waals surface area contributed by atoms with Crippen LogP contribution >= 0.6 is 12.4 Å². The van der Waals surface area contributed by atoms with Crippen LogP contribution in [0.4, 0.5) is 5.69 Å². The lowest BCUT2D eigenvalue weighted by molar-refractivity contribution is -0.384. The van der Waals surface area contributed by atoms with Crippen molar-refractivity contribution >= 4 is 29.0 Å². The number of rotatable bonds is 2. The number of nitro groups is 1. The molecule has 0 spiro atoms. The van der Waals surface area contributed by atoms with Crippen LogP contribution in [0.3, 0.4) is 0 Å². The molecule has 0 atom stereocenters. The lowest BCUT2D eigenvalue weighted by atomic mass is 10.1. The number of aryl methyl sites for hydroxylation is 2. The van der Waals surface area contributed by atoms with Gasteiger partial charge in [0.05, 0.1) is 15.8 Å². The smallest absolute Gasteiger partial charge is 0.268 e. The van der Waals surface area contributed by atoms with Crippen LogP contribution in [0.2, 0.25) is 0 Å². The fourth-order valence-corrected chi connectivity index (χ4v) is 2.59. The molecular weight excluding hydrogens is 318 g/mol. The van der Waals surface area contributed by atoms with Crippen molar-refractivity contribution in [2.24, 2.45) is 0 Å². The molecule has 23 heavy (non-hydrogen) atoms. The van der Waals surface area contributed by atoms with Gasteiger partial charge in [-0.05, 0) is 31.5 Å². The topological polar surface area (TPSA) is 78.0 Å². The second-order valence-corrected chi connectivity index (χ2v) is 5.02. The zero-order chi connectivity index (χ0) is 15.9. The van der Waals surface area contributed by atoms with Gasteiger partial charge in [-0.2, -0.15) is 0 Å². The van der Waals surface area contributed by atoms with E-state index in [-0.39, 0.29) is 29.3 Å². The summed E-state index contributed by atoms with van der Waals surface area (Å²) in [6.07, 6.45) is 0. The third kappa shape index (κ3) is 2.68. The van der Waals surface area contributed by atoms with Crippen molar-refractivity contribution in [3.63, 3.8) is 0 Å². The van der Waals surface area contributed by atoms with E-state index in [9.17, 15) is 14.9 Å². The summed E-state index contributed by atoms with van der Waals surface area (Å²) in [7, 11) is 0. The highest BCUT2D eigenvalue weighted by molar-refractivity contribution is 5.85. The van der Waals surface area contributed by atoms with Gasteiger partial charge in [0.1, 0.15) is 11.5 Å². The summed E-state index contributed by atoms with van der Waals surface area (Å²) in [4.78, 5) is 28.0. The molecule has 0 aliphatic heterocycles. The Kier molecular flexibility index (Phi) is 4.47. The van der Waals surface area contributed by atoms with Crippen molar-refractivity contribution < 1.29 is 4.92 Å². The van der Waals surface area contributed by atoms with E-state index in [1.54, 1.807) is 50.2 Å². The van der Waals surface area contributed by atoms with Gasteiger partial charge in [-0.1, -0.05) is 24.3 Å². The highest BCUT2D eigenvalue weighted by atomic mass is 35.5. The SMILES string of the molecule is Cc1cccc([N+](=O)[O-])c1-n1c(C)nc2ccccc2c1=O.Cl. The van der Waals surface area contributed by atoms with Crippen molar-refractivity contribution in [2.75, 3.05) is 0 Å². The minimum Gasteiger partial charge on any atom is -0.268 e. The lowest BCUT2D eigenvalue weighted by Gasteiger charge is -2.13. The van der Waals surface area contributed by atoms with E-state index in [0.29, 0.717) is 22.3 Å². The molecule has 118 valence electrons. The summed E-state index contributed by atoms with van der Waals surface area (Å²) >= 11 is 0. The second-order valence-electron chi connectivity index (χ2n) is 5.02. The number of aromatic nitrogens is 2. The Hall–Kier alpha value is -2.73. The van der Waals surface area contributed by atoms with Gasteiger partial charge in [-0.3, -0.25) is 19.5 Å². The fraction of sp³-hybridized carbons (Fsp3) is 0.125. The molecule has 2 aromatic carbocycles. The van der Waals surface area contributed by atoms with E-state index >= 15 is 0 Å². The van der Waals surface area contributed by atoms with E-state index in [1.807, 2.05) is 0 Å². The van der Waals surface area contributed by atoms with Crippen LogP contribution in [0, 0.1) is 24.0 Å². The van der Waals surface area contributed by atoms with Crippen molar-refractivity contribution in [3.8, 4) is 5.69 Å². The Balaban J connectivity index is 0.00000192. The van der Waals surface area contributed by atoms with E-state index in [1.165, 1.54) is 10.6 Å². The Labute approximate surface area is 138 Å². The van der Waals surface area contributed by atoms with Crippen molar-refractivity contribution in [1.82, 2.24) is 9.55 Å². The summed E-state index contributed by atoms with van der Waals surface area (Å²) in [5, 5.41) is 11.7. The van der Waals surface area contributed by atoms with Gasteiger partial charge in [0, 0.05) is 6.07 Å². The largest absolute Gasteiger partial charge is 0.293 e. The van der Waals surface area contributed by atoms with E-state index in [0.717, 1.165) is 0 Å². The summed E-state index contributed by atoms with van der Waals surface area (Å²) in [5.74, 6) is 0.418. The molecule has 0 N–H and O–H groups in total. The molecule has 1 heterocycles. The normalized spacial score (nSPS) is 10.3. The first-order chi connectivity index (χ1) is 10.5. The van der Waals surface area contributed by atoms with Gasteiger partial charge < -0.3 is 0 Å². The summed E-state index contributed by atoms with van der Waals surface area (Å²) < 4.78 is 1.32. The standard InChI is InChI=1S/C16H13N3O3.ClH/c1-10-6-5-9-14(19(21)22)15(10)18-11(2)17-13-8-4-3-7-12(13)16(18)20;/h3-9H,1-2H3;1H. The van der Waals surface area contributed by atoms with Crippen LogP contribution in [0.25, 0.3) is 16.6 Å². The molecule has 7 heteroatoms. The predicted octanol–water partition coefficient (Wildman–Crippen LogP) is 3.33. The first-order valence-corrected chi connectivity index (χ1v) is 6.73. The summed E-state index contributed by atoms with van der Waals surface area (Å²) in [6, 6.07) is 11.7. The average molecular weight is 332 g/mol. The van der Waals surface area contributed by atoms with Gasteiger partial charge in [0.25, 0.3) is 11.2 Å². The maximum atomic E-state index is 12.8. The molecule has 6 nitrogen and oxygen atoms in total. The van der Waals surface area contributed by atoms with Gasteiger partial charge in [0.15, 0.2) is 0 Å². The number of para-hydroxylation sites is 2. The maximum Gasteiger partial charge on any atom is 0.293 e.